The van der Waals surface area contributed by atoms with Gasteiger partial charge in [0.15, 0.2) is 12.4 Å². The summed E-state index contributed by atoms with van der Waals surface area (Å²) in [5, 5.41) is 8.27. The quantitative estimate of drug-likeness (QED) is 0.651. The Balaban J connectivity index is 2.70. The molecule has 0 fully saturated rings. The maximum absolute atomic E-state index is 10.9. The molecule has 0 atom stereocenters. The van der Waals surface area contributed by atoms with Gasteiger partial charge in [0.25, 0.3) is 0 Å². The van der Waals surface area contributed by atoms with Crippen LogP contribution in [0.4, 0.5) is 0 Å². The molecule has 0 aliphatic carbocycles. The summed E-state index contributed by atoms with van der Waals surface area (Å²) in [6.45, 7) is -0.171. The first-order chi connectivity index (χ1) is 8.19. The van der Waals surface area contributed by atoms with Crippen LogP contribution in [0.1, 0.15) is 12.2 Å². The third-order valence-electron chi connectivity index (χ3n) is 1.59. The SMILES string of the molecule is COc1nc(COC(=O)CC#N)nc(OC)n1. The lowest BCUT2D eigenvalue weighted by atomic mass is 10.5. The van der Waals surface area contributed by atoms with E-state index in [1.165, 1.54) is 14.2 Å². The molecule has 0 radical (unpaired) electrons. The van der Waals surface area contributed by atoms with Crippen LogP contribution in [-0.2, 0) is 16.1 Å². The molecule has 0 N–H and O–H groups in total. The number of methoxy groups -OCH3 is 2. The first kappa shape index (κ1) is 12.6. The summed E-state index contributed by atoms with van der Waals surface area (Å²) >= 11 is 0. The maximum atomic E-state index is 10.9. The van der Waals surface area contributed by atoms with Gasteiger partial charge in [0.1, 0.15) is 6.42 Å². The van der Waals surface area contributed by atoms with E-state index in [0.717, 1.165) is 0 Å². The van der Waals surface area contributed by atoms with Crippen LogP contribution in [0.2, 0.25) is 0 Å². The fourth-order valence-corrected chi connectivity index (χ4v) is 0.885. The van der Waals surface area contributed by atoms with Crippen LogP contribution in [0.15, 0.2) is 0 Å². The molecule has 1 aromatic heterocycles. The third kappa shape index (κ3) is 3.90. The number of carbonyl (C=O) groups excluding carboxylic acids is 1. The third-order valence-corrected chi connectivity index (χ3v) is 1.59. The minimum Gasteiger partial charge on any atom is -0.467 e. The van der Waals surface area contributed by atoms with Gasteiger partial charge in [-0.05, 0) is 0 Å². The fourth-order valence-electron chi connectivity index (χ4n) is 0.885. The summed E-state index contributed by atoms with van der Waals surface area (Å²) < 4.78 is 14.4. The minimum atomic E-state index is -0.647. The largest absolute Gasteiger partial charge is 0.467 e. The normalized spacial score (nSPS) is 9.24. The number of aromatic nitrogens is 3. The lowest BCUT2D eigenvalue weighted by Gasteiger charge is -2.05. The zero-order valence-corrected chi connectivity index (χ0v) is 9.34. The molecular weight excluding hydrogens is 228 g/mol. The lowest BCUT2D eigenvalue weighted by molar-refractivity contribution is -0.144. The molecule has 0 aromatic carbocycles. The monoisotopic (exact) mass is 238 g/mol. The van der Waals surface area contributed by atoms with E-state index in [9.17, 15) is 4.79 Å². The number of nitriles is 1. The van der Waals surface area contributed by atoms with Crippen molar-refractivity contribution >= 4 is 5.97 Å². The van der Waals surface area contributed by atoms with Crippen LogP contribution in [-0.4, -0.2) is 35.1 Å². The molecule has 1 aromatic rings. The smallest absolute Gasteiger partial charge is 0.322 e. The Bertz CT molecular complexity index is 421. The number of hydrogen-bond donors (Lipinski definition) is 0. The van der Waals surface area contributed by atoms with E-state index in [0.29, 0.717) is 0 Å². The van der Waals surface area contributed by atoms with E-state index < -0.39 is 5.97 Å². The van der Waals surface area contributed by atoms with E-state index in [4.69, 9.17) is 19.5 Å². The van der Waals surface area contributed by atoms with Gasteiger partial charge in [-0.15, -0.1) is 4.98 Å². The molecule has 0 unspecified atom stereocenters. The lowest BCUT2D eigenvalue weighted by Crippen LogP contribution is -2.08. The van der Waals surface area contributed by atoms with Crippen LogP contribution in [0.5, 0.6) is 12.0 Å². The highest BCUT2D eigenvalue weighted by Crippen LogP contribution is 2.09. The second-order valence-corrected chi connectivity index (χ2v) is 2.72. The molecule has 0 amide bonds. The zero-order valence-electron chi connectivity index (χ0n) is 9.34. The first-order valence-corrected chi connectivity index (χ1v) is 4.55. The summed E-state index contributed by atoms with van der Waals surface area (Å²) in [4.78, 5) is 22.4. The molecule has 1 rings (SSSR count). The second-order valence-electron chi connectivity index (χ2n) is 2.72. The van der Waals surface area contributed by atoms with Crippen molar-refractivity contribution < 1.29 is 19.0 Å². The number of ether oxygens (including phenoxy) is 3. The van der Waals surface area contributed by atoms with E-state index in [1.54, 1.807) is 6.07 Å². The highest BCUT2D eigenvalue weighted by molar-refractivity contribution is 5.71. The Morgan fingerprint density at radius 2 is 1.82 bits per heavy atom. The van der Waals surface area contributed by atoms with Gasteiger partial charge in [-0.1, -0.05) is 0 Å². The Morgan fingerprint density at radius 1 is 1.24 bits per heavy atom. The average Bonchev–Trinajstić information content (AvgIpc) is 2.36. The predicted octanol–water partition coefficient (Wildman–Crippen LogP) is -0.154. The molecule has 0 saturated carbocycles. The van der Waals surface area contributed by atoms with Gasteiger partial charge in [0.05, 0.1) is 20.3 Å². The second kappa shape index (κ2) is 6.22. The molecular formula is C9H10N4O4. The van der Waals surface area contributed by atoms with Crippen LogP contribution in [0, 0.1) is 11.3 Å². The molecule has 8 nitrogen and oxygen atoms in total. The van der Waals surface area contributed by atoms with Crippen molar-refractivity contribution in [3.8, 4) is 18.1 Å². The van der Waals surface area contributed by atoms with Crippen molar-refractivity contribution in [2.75, 3.05) is 14.2 Å². The van der Waals surface area contributed by atoms with Crippen LogP contribution >= 0.6 is 0 Å². The maximum Gasteiger partial charge on any atom is 0.322 e. The fraction of sp³-hybridized carbons (Fsp3) is 0.444. The highest BCUT2D eigenvalue weighted by atomic mass is 16.5. The molecule has 8 heteroatoms. The van der Waals surface area contributed by atoms with E-state index in [1.807, 2.05) is 0 Å². The molecule has 0 aliphatic rings. The van der Waals surface area contributed by atoms with Crippen LogP contribution in [0.25, 0.3) is 0 Å². The standard InChI is InChI=1S/C9H10N4O4/c1-15-8-11-6(12-9(13-8)16-2)5-17-7(14)3-4-10/h3,5H2,1-2H3. The number of rotatable bonds is 5. The van der Waals surface area contributed by atoms with Crippen molar-refractivity contribution in [1.29, 1.82) is 5.26 Å². The summed E-state index contributed by atoms with van der Waals surface area (Å²) in [7, 11) is 2.78. The molecule has 0 bridgehead atoms. The summed E-state index contributed by atoms with van der Waals surface area (Å²) in [6, 6.07) is 1.79. The van der Waals surface area contributed by atoms with Crippen molar-refractivity contribution in [1.82, 2.24) is 15.0 Å². The Kier molecular flexibility index (Phi) is 4.62. The summed E-state index contributed by atoms with van der Waals surface area (Å²) in [6.07, 6.45) is -0.320. The molecule has 0 aliphatic heterocycles. The average molecular weight is 238 g/mol. The van der Waals surface area contributed by atoms with E-state index in [-0.39, 0.29) is 30.9 Å². The minimum absolute atomic E-state index is 0.0585. The van der Waals surface area contributed by atoms with Crippen LogP contribution < -0.4 is 9.47 Å². The van der Waals surface area contributed by atoms with Crippen molar-refractivity contribution in [2.45, 2.75) is 13.0 Å². The van der Waals surface area contributed by atoms with Gasteiger partial charge in [-0.2, -0.15) is 15.2 Å². The molecule has 1 heterocycles. The van der Waals surface area contributed by atoms with E-state index in [2.05, 4.69) is 15.0 Å². The first-order valence-electron chi connectivity index (χ1n) is 4.55. The Labute approximate surface area is 97.2 Å². The Hall–Kier alpha value is -2.43. The molecule has 0 saturated heterocycles. The number of hydrogen-bond acceptors (Lipinski definition) is 8. The van der Waals surface area contributed by atoms with Gasteiger partial charge >= 0.3 is 18.0 Å². The molecule has 90 valence electrons. The highest BCUT2D eigenvalue weighted by Gasteiger charge is 2.09. The molecule has 0 spiro atoms. The number of esters is 1. The van der Waals surface area contributed by atoms with Gasteiger partial charge < -0.3 is 14.2 Å². The van der Waals surface area contributed by atoms with E-state index >= 15 is 0 Å². The number of nitrogens with zero attached hydrogens (tertiary/aromatic N) is 4. The zero-order chi connectivity index (χ0) is 12.7. The molecule has 17 heavy (non-hydrogen) atoms. The van der Waals surface area contributed by atoms with Crippen molar-refractivity contribution in [3.05, 3.63) is 5.82 Å². The van der Waals surface area contributed by atoms with Crippen LogP contribution in [0.3, 0.4) is 0 Å². The van der Waals surface area contributed by atoms with Crippen molar-refractivity contribution in [3.63, 3.8) is 0 Å². The predicted molar refractivity (Wildman–Crippen MR) is 53.0 cm³/mol. The summed E-state index contributed by atoms with van der Waals surface area (Å²) in [5.41, 5.74) is 0. The van der Waals surface area contributed by atoms with Gasteiger partial charge in [-0.25, -0.2) is 0 Å². The Morgan fingerprint density at radius 3 is 2.29 bits per heavy atom. The topological polar surface area (TPSA) is 107 Å². The number of carbonyl (C=O) groups is 1. The van der Waals surface area contributed by atoms with Gasteiger partial charge in [0.2, 0.25) is 0 Å². The summed E-state index contributed by atoms with van der Waals surface area (Å²) in [5.74, 6) is -0.467. The van der Waals surface area contributed by atoms with Gasteiger partial charge in [-0.3, -0.25) is 4.79 Å². The van der Waals surface area contributed by atoms with Gasteiger partial charge in [0, 0.05) is 0 Å². The van der Waals surface area contributed by atoms with Crippen molar-refractivity contribution in [2.24, 2.45) is 0 Å².